The number of nitrogens with zero attached hydrogens (tertiary/aromatic N) is 1. The number of ether oxygens (including phenoxy) is 1. The molecule has 0 aliphatic heterocycles. The van der Waals surface area contributed by atoms with Gasteiger partial charge in [-0.3, -0.25) is 4.79 Å². The van der Waals surface area contributed by atoms with Crippen LogP contribution in [0.5, 0.6) is 0 Å². The number of hydrogen-bond donors (Lipinski definition) is 0. The summed E-state index contributed by atoms with van der Waals surface area (Å²) in [7, 11) is 0. The standard InChI is InChI=1S/C4H4ClNS.C3H6O2/c5-1-4-2-7-3-6-4;1-2-5-3-4/h2-3H,1H2;3H,2H2,1H3. The Morgan fingerprint density at radius 2 is 2.58 bits per heavy atom. The third-order valence-corrected chi connectivity index (χ3v) is 1.76. The summed E-state index contributed by atoms with van der Waals surface area (Å²) >= 11 is 6.98. The van der Waals surface area contributed by atoms with Crippen molar-refractivity contribution in [1.29, 1.82) is 0 Å². The molecule has 0 unspecified atom stereocenters. The van der Waals surface area contributed by atoms with Crippen molar-refractivity contribution in [1.82, 2.24) is 4.98 Å². The molecule has 0 aromatic carbocycles. The van der Waals surface area contributed by atoms with Gasteiger partial charge in [0, 0.05) is 5.38 Å². The van der Waals surface area contributed by atoms with Crippen LogP contribution in [-0.2, 0) is 15.4 Å². The maximum Gasteiger partial charge on any atom is 0.293 e. The van der Waals surface area contributed by atoms with E-state index in [1.807, 2.05) is 5.38 Å². The third-order valence-electron chi connectivity index (χ3n) is 0.855. The highest BCUT2D eigenvalue weighted by Crippen LogP contribution is 2.02. The zero-order chi connectivity index (χ0) is 9.23. The van der Waals surface area contributed by atoms with Gasteiger partial charge in [-0.2, -0.15) is 0 Å². The van der Waals surface area contributed by atoms with E-state index in [4.69, 9.17) is 11.6 Å². The minimum Gasteiger partial charge on any atom is -0.468 e. The lowest BCUT2D eigenvalue weighted by molar-refractivity contribution is -0.128. The molecule has 12 heavy (non-hydrogen) atoms. The number of aromatic nitrogens is 1. The molecule has 0 bridgehead atoms. The fourth-order valence-electron chi connectivity index (χ4n) is 0.372. The summed E-state index contributed by atoms with van der Waals surface area (Å²) in [5.74, 6) is 0.531. The minimum absolute atomic E-state index is 0.431. The van der Waals surface area contributed by atoms with Crippen molar-refractivity contribution in [2.24, 2.45) is 0 Å². The molecule has 5 heteroatoms. The normalized spacial score (nSPS) is 8.17. The van der Waals surface area contributed by atoms with Gasteiger partial charge in [0.05, 0.1) is 23.7 Å². The van der Waals surface area contributed by atoms with E-state index in [9.17, 15) is 4.79 Å². The van der Waals surface area contributed by atoms with Crippen molar-refractivity contribution in [3.63, 3.8) is 0 Å². The number of thiazole rings is 1. The molecule has 0 fully saturated rings. The second kappa shape index (κ2) is 8.49. The van der Waals surface area contributed by atoms with Gasteiger partial charge in [0.25, 0.3) is 6.47 Å². The Kier molecular flexibility index (Phi) is 8.05. The highest BCUT2D eigenvalue weighted by atomic mass is 35.5. The third kappa shape index (κ3) is 6.12. The van der Waals surface area contributed by atoms with E-state index in [1.165, 1.54) is 0 Å². The van der Waals surface area contributed by atoms with Crippen molar-refractivity contribution >= 4 is 29.4 Å². The van der Waals surface area contributed by atoms with E-state index in [0.29, 0.717) is 19.0 Å². The van der Waals surface area contributed by atoms with E-state index in [-0.39, 0.29) is 0 Å². The number of carbonyl (C=O) groups is 1. The number of rotatable bonds is 3. The Labute approximate surface area is 80.3 Å². The summed E-state index contributed by atoms with van der Waals surface area (Å²) < 4.78 is 4.15. The zero-order valence-electron chi connectivity index (χ0n) is 6.70. The van der Waals surface area contributed by atoms with Crippen molar-refractivity contribution < 1.29 is 9.53 Å². The quantitative estimate of drug-likeness (QED) is 0.563. The summed E-state index contributed by atoms with van der Waals surface area (Å²) in [5, 5.41) is 1.94. The number of carbonyl (C=O) groups excluding carboxylic acids is 1. The van der Waals surface area contributed by atoms with Gasteiger partial charge in [-0.05, 0) is 6.92 Å². The molecule has 68 valence electrons. The molecule has 0 N–H and O–H groups in total. The molecule has 0 saturated carbocycles. The maximum absolute atomic E-state index is 9.18. The first-order valence-corrected chi connectivity index (χ1v) is 4.81. The number of alkyl halides is 1. The van der Waals surface area contributed by atoms with Crippen LogP contribution in [0.3, 0.4) is 0 Å². The maximum atomic E-state index is 9.18. The van der Waals surface area contributed by atoms with Crippen LogP contribution in [0.15, 0.2) is 10.9 Å². The average Bonchev–Trinajstić information content (AvgIpc) is 2.58. The van der Waals surface area contributed by atoms with Gasteiger partial charge in [-0.1, -0.05) is 0 Å². The fraction of sp³-hybridized carbons (Fsp3) is 0.429. The Hall–Kier alpha value is -0.610. The monoisotopic (exact) mass is 207 g/mol. The van der Waals surface area contributed by atoms with Gasteiger partial charge in [0.2, 0.25) is 0 Å². The van der Waals surface area contributed by atoms with Crippen molar-refractivity contribution in [3.8, 4) is 0 Å². The Morgan fingerprint density at radius 3 is 2.75 bits per heavy atom. The summed E-state index contributed by atoms with van der Waals surface area (Å²) in [6.07, 6.45) is 0. The van der Waals surface area contributed by atoms with E-state index in [1.54, 1.807) is 23.8 Å². The smallest absolute Gasteiger partial charge is 0.293 e. The molecule has 0 saturated heterocycles. The molecule has 3 nitrogen and oxygen atoms in total. The van der Waals surface area contributed by atoms with Gasteiger partial charge in [-0.25, -0.2) is 4.98 Å². The minimum atomic E-state index is 0.431. The first kappa shape index (κ1) is 11.4. The molecule has 0 aliphatic carbocycles. The predicted molar refractivity (Wildman–Crippen MR) is 49.4 cm³/mol. The second-order valence-corrected chi connectivity index (χ2v) is 2.65. The molecule has 1 aromatic rings. The van der Waals surface area contributed by atoms with Crippen LogP contribution in [0.2, 0.25) is 0 Å². The lowest BCUT2D eigenvalue weighted by Gasteiger charge is -1.79. The number of halogens is 1. The lowest BCUT2D eigenvalue weighted by Crippen LogP contribution is -1.80. The summed E-state index contributed by atoms with van der Waals surface area (Å²) in [6.45, 7) is 2.66. The van der Waals surface area contributed by atoms with Gasteiger partial charge in [0.15, 0.2) is 0 Å². The summed E-state index contributed by atoms with van der Waals surface area (Å²) in [6, 6.07) is 0. The topological polar surface area (TPSA) is 39.2 Å². The molecular formula is C7H10ClNO2S. The average molecular weight is 208 g/mol. The van der Waals surface area contributed by atoms with E-state index in [2.05, 4.69) is 9.72 Å². The first-order chi connectivity index (χ1) is 5.85. The van der Waals surface area contributed by atoms with Crippen LogP contribution in [0.4, 0.5) is 0 Å². The van der Waals surface area contributed by atoms with E-state index < -0.39 is 0 Å². The molecule has 0 radical (unpaired) electrons. The molecule has 0 aliphatic rings. The van der Waals surface area contributed by atoms with Gasteiger partial charge in [-0.15, -0.1) is 22.9 Å². The fourth-order valence-corrected chi connectivity index (χ4v) is 1.17. The van der Waals surface area contributed by atoms with Crippen LogP contribution in [0.25, 0.3) is 0 Å². The number of hydrogen-bond acceptors (Lipinski definition) is 4. The highest BCUT2D eigenvalue weighted by Gasteiger charge is 1.85. The summed E-state index contributed by atoms with van der Waals surface area (Å²) in [4.78, 5) is 13.1. The second-order valence-electron chi connectivity index (χ2n) is 1.66. The van der Waals surface area contributed by atoms with Crippen LogP contribution >= 0.6 is 22.9 Å². The Morgan fingerprint density at radius 1 is 1.83 bits per heavy atom. The van der Waals surface area contributed by atoms with Gasteiger partial charge >= 0.3 is 0 Å². The molecule has 0 spiro atoms. The van der Waals surface area contributed by atoms with Crippen LogP contribution < -0.4 is 0 Å². The van der Waals surface area contributed by atoms with Crippen LogP contribution in [0, 0.1) is 0 Å². The first-order valence-electron chi connectivity index (χ1n) is 3.33. The van der Waals surface area contributed by atoms with Crippen molar-refractivity contribution in [2.45, 2.75) is 12.8 Å². The molecule has 1 rings (SSSR count). The lowest BCUT2D eigenvalue weighted by atomic mass is 10.6. The molecule has 1 heterocycles. The Balaban J connectivity index is 0.000000217. The SMILES string of the molecule is CCOC=O.ClCc1cscn1. The van der Waals surface area contributed by atoms with Crippen LogP contribution in [0.1, 0.15) is 12.6 Å². The van der Waals surface area contributed by atoms with Crippen molar-refractivity contribution in [2.75, 3.05) is 6.61 Å². The van der Waals surface area contributed by atoms with Gasteiger partial charge in [0.1, 0.15) is 0 Å². The van der Waals surface area contributed by atoms with Crippen molar-refractivity contribution in [3.05, 3.63) is 16.6 Å². The highest BCUT2D eigenvalue weighted by molar-refractivity contribution is 7.07. The molecule has 1 aromatic heterocycles. The van der Waals surface area contributed by atoms with Crippen LogP contribution in [-0.4, -0.2) is 18.1 Å². The summed E-state index contributed by atoms with van der Waals surface area (Å²) in [5.41, 5.74) is 2.74. The van der Waals surface area contributed by atoms with E-state index in [0.717, 1.165) is 5.69 Å². The largest absolute Gasteiger partial charge is 0.468 e. The molecular weight excluding hydrogens is 198 g/mol. The Bertz CT molecular complexity index is 191. The van der Waals surface area contributed by atoms with Gasteiger partial charge < -0.3 is 4.74 Å². The molecule has 0 amide bonds. The molecule has 0 atom stereocenters. The predicted octanol–water partition coefficient (Wildman–Crippen LogP) is 2.06. The zero-order valence-corrected chi connectivity index (χ0v) is 8.27. The van der Waals surface area contributed by atoms with E-state index >= 15 is 0 Å².